The maximum atomic E-state index is 13.0. The molecule has 1 aliphatic heterocycles. The SMILES string of the molecule is Cc1c[nH]c2ncnc(N3CCN(C(=O)Cc4cccc(NC(=O)c5ccncc5)c4)CC3)c12. The molecule has 0 saturated carbocycles. The fourth-order valence-corrected chi connectivity index (χ4v) is 4.26. The molecule has 5 rings (SSSR count). The first-order chi connectivity index (χ1) is 16.6. The van der Waals surface area contributed by atoms with Crippen LogP contribution in [0.5, 0.6) is 0 Å². The van der Waals surface area contributed by atoms with Crippen molar-refractivity contribution in [2.75, 3.05) is 36.4 Å². The van der Waals surface area contributed by atoms with E-state index in [1.807, 2.05) is 42.3 Å². The van der Waals surface area contributed by atoms with Crippen molar-refractivity contribution >= 4 is 34.4 Å². The Bertz CT molecular complexity index is 1330. The molecule has 3 aromatic heterocycles. The van der Waals surface area contributed by atoms with Crippen LogP contribution in [0.25, 0.3) is 11.0 Å². The Labute approximate surface area is 196 Å². The lowest BCUT2D eigenvalue weighted by atomic mass is 10.1. The number of piperazine rings is 1. The predicted molar refractivity (Wildman–Crippen MR) is 130 cm³/mol. The molecular formula is C25H25N7O2. The van der Waals surface area contributed by atoms with Crippen LogP contribution in [0.1, 0.15) is 21.5 Å². The Kier molecular flexibility index (Phi) is 5.90. The zero-order chi connectivity index (χ0) is 23.5. The fourth-order valence-electron chi connectivity index (χ4n) is 4.26. The van der Waals surface area contributed by atoms with E-state index in [2.05, 4.69) is 30.2 Å². The van der Waals surface area contributed by atoms with Crippen molar-refractivity contribution in [2.24, 2.45) is 0 Å². The minimum absolute atomic E-state index is 0.0721. The molecule has 172 valence electrons. The Morgan fingerprint density at radius 3 is 2.65 bits per heavy atom. The van der Waals surface area contributed by atoms with Crippen molar-refractivity contribution in [3.8, 4) is 0 Å². The summed E-state index contributed by atoms with van der Waals surface area (Å²) in [4.78, 5) is 45.4. The number of anilines is 2. The van der Waals surface area contributed by atoms with Gasteiger partial charge in [0.25, 0.3) is 5.91 Å². The van der Waals surface area contributed by atoms with E-state index in [9.17, 15) is 9.59 Å². The van der Waals surface area contributed by atoms with Crippen LogP contribution in [-0.4, -0.2) is 62.8 Å². The van der Waals surface area contributed by atoms with Gasteiger partial charge < -0.3 is 20.1 Å². The highest BCUT2D eigenvalue weighted by molar-refractivity contribution is 6.04. The van der Waals surface area contributed by atoms with Gasteiger partial charge in [-0.3, -0.25) is 14.6 Å². The summed E-state index contributed by atoms with van der Waals surface area (Å²) < 4.78 is 0. The topological polar surface area (TPSA) is 107 Å². The summed E-state index contributed by atoms with van der Waals surface area (Å²) in [5.74, 6) is 0.773. The van der Waals surface area contributed by atoms with Crippen molar-refractivity contribution in [3.05, 3.63) is 78.0 Å². The Hall–Kier alpha value is -4.27. The first-order valence-corrected chi connectivity index (χ1v) is 11.2. The van der Waals surface area contributed by atoms with E-state index >= 15 is 0 Å². The predicted octanol–water partition coefficient (Wildman–Crippen LogP) is 2.80. The van der Waals surface area contributed by atoms with Crippen molar-refractivity contribution < 1.29 is 9.59 Å². The number of pyridine rings is 1. The van der Waals surface area contributed by atoms with E-state index in [1.54, 1.807) is 30.9 Å². The number of hydrogen-bond donors (Lipinski definition) is 2. The molecule has 1 aromatic carbocycles. The monoisotopic (exact) mass is 455 g/mol. The third-order valence-corrected chi connectivity index (χ3v) is 6.06. The Morgan fingerprint density at radius 2 is 1.85 bits per heavy atom. The molecule has 0 atom stereocenters. The number of carbonyl (C=O) groups excluding carboxylic acids is 2. The summed E-state index contributed by atoms with van der Waals surface area (Å²) in [6.45, 7) is 4.73. The third kappa shape index (κ3) is 4.45. The number of hydrogen-bond acceptors (Lipinski definition) is 6. The molecule has 1 saturated heterocycles. The van der Waals surface area contributed by atoms with Crippen molar-refractivity contribution in [3.63, 3.8) is 0 Å². The Morgan fingerprint density at radius 1 is 1.06 bits per heavy atom. The van der Waals surface area contributed by atoms with E-state index in [1.165, 1.54) is 0 Å². The smallest absolute Gasteiger partial charge is 0.255 e. The number of rotatable bonds is 5. The zero-order valence-electron chi connectivity index (χ0n) is 18.9. The van der Waals surface area contributed by atoms with Crippen molar-refractivity contribution in [2.45, 2.75) is 13.3 Å². The van der Waals surface area contributed by atoms with Crippen LogP contribution in [0.15, 0.2) is 61.3 Å². The highest BCUT2D eigenvalue weighted by Gasteiger charge is 2.24. The summed E-state index contributed by atoms with van der Waals surface area (Å²) in [6.07, 6.45) is 6.96. The molecule has 0 radical (unpaired) electrons. The highest BCUT2D eigenvalue weighted by atomic mass is 16.2. The highest BCUT2D eigenvalue weighted by Crippen LogP contribution is 2.26. The fraction of sp³-hybridized carbons (Fsp3) is 0.240. The second-order valence-electron chi connectivity index (χ2n) is 8.33. The van der Waals surface area contributed by atoms with Gasteiger partial charge in [0.2, 0.25) is 5.91 Å². The van der Waals surface area contributed by atoms with Crippen LogP contribution in [0.4, 0.5) is 11.5 Å². The van der Waals surface area contributed by atoms with Crippen LogP contribution in [0.3, 0.4) is 0 Å². The molecule has 4 aromatic rings. The molecule has 1 aliphatic rings. The minimum Gasteiger partial charge on any atom is -0.352 e. The largest absolute Gasteiger partial charge is 0.352 e. The molecule has 1 fully saturated rings. The quantitative estimate of drug-likeness (QED) is 0.479. The molecule has 0 aliphatic carbocycles. The van der Waals surface area contributed by atoms with Gasteiger partial charge in [0, 0.05) is 56.0 Å². The summed E-state index contributed by atoms with van der Waals surface area (Å²) in [6, 6.07) is 10.7. The first kappa shape index (κ1) is 21.6. The van der Waals surface area contributed by atoms with Gasteiger partial charge in [-0.15, -0.1) is 0 Å². The maximum Gasteiger partial charge on any atom is 0.255 e. The summed E-state index contributed by atoms with van der Waals surface area (Å²) in [7, 11) is 0. The second kappa shape index (κ2) is 9.30. The van der Waals surface area contributed by atoms with Gasteiger partial charge in [0.1, 0.15) is 17.8 Å². The average Bonchev–Trinajstić information content (AvgIpc) is 3.26. The minimum atomic E-state index is -0.210. The third-order valence-electron chi connectivity index (χ3n) is 6.06. The lowest BCUT2D eigenvalue weighted by Crippen LogP contribution is -2.49. The average molecular weight is 456 g/mol. The van der Waals surface area contributed by atoms with E-state index in [0.717, 1.165) is 28.0 Å². The van der Waals surface area contributed by atoms with E-state index < -0.39 is 0 Å². The van der Waals surface area contributed by atoms with Gasteiger partial charge in [0.15, 0.2) is 0 Å². The van der Waals surface area contributed by atoms with Crippen LogP contribution in [0, 0.1) is 6.92 Å². The summed E-state index contributed by atoms with van der Waals surface area (Å²) >= 11 is 0. The zero-order valence-corrected chi connectivity index (χ0v) is 18.9. The molecule has 0 spiro atoms. The molecule has 34 heavy (non-hydrogen) atoms. The van der Waals surface area contributed by atoms with Gasteiger partial charge in [0.05, 0.1) is 11.8 Å². The van der Waals surface area contributed by atoms with Crippen LogP contribution >= 0.6 is 0 Å². The standard InChI is InChI=1S/C25H25N7O2/c1-17-15-27-23-22(17)24(29-16-28-23)32-11-9-31(10-12-32)21(33)14-18-3-2-4-20(13-18)30-25(34)19-5-7-26-8-6-19/h2-8,13,15-16H,9-12,14H2,1H3,(H,30,34)(H,27,28,29). The molecule has 2 amide bonds. The molecule has 2 N–H and O–H groups in total. The van der Waals surface area contributed by atoms with Gasteiger partial charge in [-0.05, 0) is 42.3 Å². The summed E-state index contributed by atoms with van der Waals surface area (Å²) in [5.41, 5.74) is 3.99. The van der Waals surface area contributed by atoms with Crippen LogP contribution in [-0.2, 0) is 11.2 Å². The van der Waals surface area contributed by atoms with Gasteiger partial charge in [-0.1, -0.05) is 12.1 Å². The van der Waals surface area contributed by atoms with Crippen LogP contribution in [0.2, 0.25) is 0 Å². The Balaban J connectivity index is 1.20. The molecule has 9 heteroatoms. The number of carbonyl (C=O) groups is 2. The van der Waals surface area contributed by atoms with E-state index in [-0.39, 0.29) is 18.2 Å². The molecular weight excluding hydrogens is 430 g/mol. The number of nitrogens with one attached hydrogen (secondary N) is 2. The van der Waals surface area contributed by atoms with Gasteiger partial charge in [-0.25, -0.2) is 9.97 Å². The first-order valence-electron chi connectivity index (χ1n) is 11.2. The number of fused-ring (bicyclic) bond motifs is 1. The van der Waals surface area contributed by atoms with Crippen molar-refractivity contribution in [1.29, 1.82) is 0 Å². The molecule has 4 heterocycles. The second-order valence-corrected chi connectivity index (χ2v) is 8.33. The number of aromatic nitrogens is 4. The van der Waals surface area contributed by atoms with E-state index in [0.29, 0.717) is 37.4 Å². The normalized spacial score (nSPS) is 13.8. The molecule has 0 bridgehead atoms. The number of H-pyrrole nitrogens is 1. The molecule has 0 unspecified atom stereocenters. The number of aromatic amines is 1. The van der Waals surface area contributed by atoms with Crippen molar-refractivity contribution in [1.82, 2.24) is 24.8 Å². The number of nitrogens with zero attached hydrogens (tertiary/aromatic N) is 5. The van der Waals surface area contributed by atoms with Gasteiger partial charge >= 0.3 is 0 Å². The van der Waals surface area contributed by atoms with E-state index in [4.69, 9.17) is 0 Å². The molecule has 9 nitrogen and oxygen atoms in total. The lowest BCUT2D eigenvalue weighted by Gasteiger charge is -2.35. The number of amides is 2. The van der Waals surface area contributed by atoms with Crippen LogP contribution < -0.4 is 10.2 Å². The summed E-state index contributed by atoms with van der Waals surface area (Å²) in [5, 5.41) is 3.91. The number of aryl methyl sites for hydroxylation is 1. The maximum absolute atomic E-state index is 13.0. The lowest BCUT2D eigenvalue weighted by molar-refractivity contribution is -0.130. The number of benzene rings is 1. The van der Waals surface area contributed by atoms with Gasteiger partial charge in [-0.2, -0.15) is 0 Å².